The van der Waals surface area contributed by atoms with Gasteiger partial charge >= 0.3 is 0 Å². The van der Waals surface area contributed by atoms with Gasteiger partial charge in [-0.2, -0.15) is 5.10 Å². The molecule has 0 aliphatic carbocycles. The molecule has 100 valence electrons. The van der Waals surface area contributed by atoms with Gasteiger partial charge in [-0.25, -0.2) is 0 Å². The lowest BCUT2D eigenvalue weighted by Gasteiger charge is -2.03. The highest BCUT2D eigenvalue weighted by Gasteiger charge is 2.14. The predicted octanol–water partition coefficient (Wildman–Crippen LogP) is 3.07. The quantitative estimate of drug-likeness (QED) is 0.681. The average molecular weight is 265 g/mol. The minimum Gasteiger partial charge on any atom is -0.288 e. The molecule has 2 aromatic heterocycles. The van der Waals surface area contributed by atoms with Crippen LogP contribution in [0.2, 0.25) is 0 Å². The van der Waals surface area contributed by atoms with E-state index in [1.54, 1.807) is 23.3 Å². The summed E-state index contributed by atoms with van der Waals surface area (Å²) in [6.45, 7) is 2.91. The Morgan fingerprint density at radius 3 is 3.00 bits per heavy atom. The number of fused-ring (bicyclic) bond motifs is 1. The molecule has 0 aliphatic heterocycles. The van der Waals surface area contributed by atoms with Gasteiger partial charge in [0.1, 0.15) is 0 Å². The van der Waals surface area contributed by atoms with Crippen LogP contribution in [-0.4, -0.2) is 20.5 Å². The molecule has 0 saturated heterocycles. The summed E-state index contributed by atoms with van der Waals surface area (Å²) >= 11 is 0. The van der Waals surface area contributed by atoms with Gasteiger partial charge in [-0.1, -0.05) is 25.1 Å². The fourth-order valence-electron chi connectivity index (χ4n) is 2.29. The maximum absolute atomic E-state index is 12.6. The van der Waals surface area contributed by atoms with Crippen molar-refractivity contribution < 1.29 is 4.79 Å². The van der Waals surface area contributed by atoms with E-state index in [1.807, 2.05) is 30.3 Å². The van der Waals surface area contributed by atoms with Crippen molar-refractivity contribution in [3.8, 4) is 0 Å². The third-order valence-electron chi connectivity index (χ3n) is 3.24. The van der Waals surface area contributed by atoms with Crippen molar-refractivity contribution in [2.45, 2.75) is 19.9 Å². The summed E-state index contributed by atoms with van der Waals surface area (Å²) in [6, 6.07) is 9.38. The van der Waals surface area contributed by atoms with Gasteiger partial charge in [0, 0.05) is 29.9 Å². The first-order valence-corrected chi connectivity index (χ1v) is 6.70. The summed E-state index contributed by atoms with van der Waals surface area (Å²) in [5, 5.41) is 5.09. The van der Waals surface area contributed by atoms with Crippen molar-refractivity contribution in [1.29, 1.82) is 0 Å². The Labute approximate surface area is 117 Å². The van der Waals surface area contributed by atoms with Crippen molar-refractivity contribution in [3.63, 3.8) is 0 Å². The molecular formula is C16H15N3O. The average Bonchev–Trinajstić information content (AvgIpc) is 2.95. The normalized spacial score (nSPS) is 10.8. The number of ketones is 1. The van der Waals surface area contributed by atoms with Crippen LogP contribution in [0.1, 0.15) is 29.3 Å². The maximum Gasteiger partial charge on any atom is 0.196 e. The molecule has 0 bridgehead atoms. The van der Waals surface area contributed by atoms with Gasteiger partial charge in [0.15, 0.2) is 5.78 Å². The summed E-state index contributed by atoms with van der Waals surface area (Å²) in [4.78, 5) is 16.9. The number of carbonyl (C=O) groups is 1. The number of rotatable bonds is 4. The lowest BCUT2D eigenvalue weighted by Crippen LogP contribution is -2.02. The molecule has 0 radical (unpaired) electrons. The Morgan fingerprint density at radius 1 is 1.25 bits per heavy atom. The second-order valence-corrected chi connectivity index (χ2v) is 4.70. The number of carbonyl (C=O) groups excluding carboxylic acids is 1. The molecule has 0 atom stereocenters. The van der Waals surface area contributed by atoms with E-state index in [4.69, 9.17) is 0 Å². The second kappa shape index (κ2) is 5.25. The third kappa shape index (κ3) is 2.20. The van der Waals surface area contributed by atoms with Crippen LogP contribution in [0.3, 0.4) is 0 Å². The number of pyridine rings is 1. The van der Waals surface area contributed by atoms with Gasteiger partial charge in [-0.05, 0) is 18.6 Å². The van der Waals surface area contributed by atoms with Crippen molar-refractivity contribution >= 4 is 16.7 Å². The molecule has 0 amide bonds. The zero-order chi connectivity index (χ0) is 13.9. The topological polar surface area (TPSA) is 47.8 Å². The monoisotopic (exact) mass is 265 g/mol. The summed E-state index contributed by atoms with van der Waals surface area (Å²) in [7, 11) is 0. The van der Waals surface area contributed by atoms with Crippen LogP contribution in [-0.2, 0) is 6.54 Å². The molecule has 0 fully saturated rings. The van der Waals surface area contributed by atoms with Crippen molar-refractivity contribution in [3.05, 3.63) is 60.0 Å². The number of benzene rings is 1. The smallest absolute Gasteiger partial charge is 0.196 e. The minimum atomic E-state index is -0.00838. The first kappa shape index (κ1) is 12.5. The van der Waals surface area contributed by atoms with Crippen LogP contribution >= 0.6 is 0 Å². The molecule has 0 spiro atoms. The zero-order valence-electron chi connectivity index (χ0n) is 11.3. The lowest BCUT2D eigenvalue weighted by atomic mass is 10.0. The first-order valence-electron chi connectivity index (χ1n) is 6.70. The summed E-state index contributed by atoms with van der Waals surface area (Å²) in [5.74, 6) is -0.00838. The molecule has 0 aliphatic rings. The number of nitrogens with zero attached hydrogens (tertiary/aromatic N) is 3. The van der Waals surface area contributed by atoms with Crippen molar-refractivity contribution in [1.82, 2.24) is 14.8 Å². The number of aryl methyl sites for hydroxylation is 1. The van der Waals surface area contributed by atoms with Gasteiger partial charge < -0.3 is 0 Å². The highest BCUT2D eigenvalue weighted by molar-refractivity contribution is 6.15. The highest BCUT2D eigenvalue weighted by Crippen LogP contribution is 2.19. The largest absolute Gasteiger partial charge is 0.288 e. The zero-order valence-corrected chi connectivity index (χ0v) is 11.3. The molecular weight excluding hydrogens is 250 g/mol. The van der Waals surface area contributed by atoms with E-state index >= 15 is 0 Å². The van der Waals surface area contributed by atoms with E-state index in [-0.39, 0.29) is 5.78 Å². The van der Waals surface area contributed by atoms with Crippen LogP contribution in [0.25, 0.3) is 10.9 Å². The highest BCUT2D eigenvalue weighted by atomic mass is 16.1. The molecule has 4 heteroatoms. The Morgan fingerprint density at radius 2 is 2.15 bits per heavy atom. The SMILES string of the molecule is CCCn1cc(C(=O)c2cccc3ncccc23)cn1. The van der Waals surface area contributed by atoms with Crippen molar-refractivity contribution in [2.24, 2.45) is 0 Å². The molecule has 3 rings (SSSR count). The van der Waals surface area contributed by atoms with E-state index in [2.05, 4.69) is 17.0 Å². The number of hydrogen-bond donors (Lipinski definition) is 0. The molecule has 1 aromatic carbocycles. The van der Waals surface area contributed by atoms with Crippen LogP contribution in [0, 0.1) is 0 Å². The molecule has 0 unspecified atom stereocenters. The standard InChI is InChI=1S/C16H15N3O/c1-2-9-19-11-12(10-18-19)16(20)14-5-3-7-15-13(14)6-4-8-17-15/h3-8,10-11H,2,9H2,1H3. The van der Waals surface area contributed by atoms with Gasteiger partial charge in [0.2, 0.25) is 0 Å². The number of hydrogen-bond acceptors (Lipinski definition) is 3. The first-order chi connectivity index (χ1) is 9.79. The Kier molecular flexibility index (Phi) is 3.29. The molecule has 0 saturated carbocycles. The van der Waals surface area contributed by atoms with E-state index < -0.39 is 0 Å². The van der Waals surface area contributed by atoms with E-state index in [0.29, 0.717) is 11.1 Å². The molecule has 2 heterocycles. The summed E-state index contributed by atoms with van der Waals surface area (Å²) in [6.07, 6.45) is 6.16. The third-order valence-corrected chi connectivity index (χ3v) is 3.24. The fourth-order valence-corrected chi connectivity index (χ4v) is 2.29. The number of aromatic nitrogens is 3. The van der Waals surface area contributed by atoms with Crippen molar-refractivity contribution in [2.75, 3.05) is 0 Å². The molecule has 4 nitrogen and oxygen atoms in total. The van der Waals surface area contributed by atoms with Gasteiger partial charge in [0.25, 0.3) is 0 Å². The summed E-state index contributed by atoms with van der Waals surface area (Å²) < 4.78 is 1.80. The fraction of sp³-hybridized carbons (Fsp3) is 0.188. The Balaban J connectivity index is 2.03. The van der Waals surface area contributed by atoms with E-state index in [0.717, 1.165) is 23.9 Å². The lowest BCUT2D eigenvalue weighted by molar-refractivity contribution is 0.104. The molecule has 20 heavy (non-hydrogen) atoms. The van der Waals surface area contributed by atoms with Crippen LogP contribution in [0.15, 0.2) is 48.9 Å². The van der Waals surface area contributed by atoms with Gasteiger partial charge in [-0.3, -0.25) is 14.5 Å². The predicted molar refractivity (Wildman–Crippen MR) is 77.7 cm³/mol. The van der Waals surface area contributed by atoms with Crippen LogP contribution in [0.4, 0.5) is 0 Å². The van der Waals surface area contributed by atoms with Gasteiger partial charge in [0.05, 0.1) is 17.3 Å². The van der Waals surface area contributed by atoms with Crippen LogP contribution in [0.5, 0.6) is 0 Å². The molecule has 3 aromatic rings. The van der Waals surface area contributed by atoms with E-state index in [1.165, 1.54) is 0 Å². The Hall–Kier alpha value is -2.49. The van der Waals surface area contributed by atoms with Crippen LogP contribution < -0.4 is 0 Å². The minimum absolute atomic E-state index is 0.00838. The maximum atomic E-state index is 12.6. The summed E-state index contributed by atoms with van der Waals surface area (Å²) in [5.41, 5.74) is 2.13. The Bertz CT molecular complexity index is 756. The van der Waals surface area contributed by atoms with E-state index in [9.17, 15) is 4.79 Å². The molecule has 0 N–H and O–H groups in total. The second-order valence-electron chi connectivity index (χ2n) is 4.70. The van der Waals surface area contributed by atoms with Gasteiger partial charge in [-0.15, -0.1) is 0 Å².